The molecule has 0 fully saturated rings. The fraction of sp³-hybridized carbons (Fsp3) is 0.0417. The minimum absolute atomic E-state index is 0.213. The molecule has 2 nitrogen and oxygen atoms in total. The van der Waals surface area contributed by atoms with Crippen molar-refractivity contribution < 1.29 is 0 Å². The van der Waals surface area contributed by atoms with Gasteiger partial charge < -0.3 is 9.13 Å². The van der Waals surface area contributed by atoms with Gasteiger partial charge in [-0.2, -0.15) is 0 Å². The standard InChI is InChI=1S/C48H32N2S/c1-2-12-31(13-3-1)32-22-24-33(25-23-32)35-27-29-45(47-39-17-7-11-21-46(39)51-48(35)47)50-43-20-10-6-16-38(43)40-30-34(26-28-44(40)50)49-41-18-8-4-14-36(41)37-15-5-9-19-42(37)49/h1-29,34H,30H2. The molecule has 1 unspecified atom stereocenters. The molecule has 11 rings (SSSR count). The number of fused-ring (bicyclic) bond motifs is 9. The van der Waals surface area contributed by atoms with E-state index in [1.54, 1.807) is 0 Å². The Hall–Kier alpha value is -6.16. The van der Waals surface area contributed by atoms with Crippen LogP contribution in [0.5, 0.6) is 0 Å². The predicted octanol–water partition coefficient (Wildman–Crippen LogP) is 13.3. The topological polar surface area (TPSA) is 9.86 Å². The lowest BCUT2D eigenvalue weighted by atomic mass is 9.96. The van der Waals surface area contributed by atoms with Gasteiger partial charge in [-0.05, 0) is 70.6 Å². The largest absolute Gasteiger partial charge is 0.333 e. The quantitative estimate of drug-likeness (QED) is 0.177. The van der Waals surface area contributed by atoms with Crippen LogP contribution in [-0.2, 0) is 6.42 Å². The van der Waals surface area contributed by atoms with Gasteiger partial charge >= 0.3 is 0 Å². The number of hydrogen-bond acceptors (Lipinski definition) is 1. The molecule has 1 aliphatic carbocycles. The van der Waals surface area contributed by atoms with Gasteiger partial charge in [0.1, 0.15) is 0 Å². The first-order valence-electron chi connectivity index (χ1n) is 17.7. The van der Waals surface area contributed by atoms with Crippen molar-refractivity contribution in [2.24, 2.45) is 0 Å². The zero-order valence-electron chi connectivity index (χ0n) is 27.8. The Balaban J connectivity index is 1.11. The second-order valence-corrected chi connectivity index (χ2v) is 14.7. The number of para-hydroxylation sites is 3. The first-order chi connectivity index (χ1) is 25.3. The summed E-state index contributed by atoms with van der Waals surface area (Å²) in [6, 6.07) is 60.2. The smallest absolute Gasteiger partial charge is 0.0567 e. The molecular weight excluding hydrogens is 637 g/mol. The van der Waals surface area contributed by atoms with Crippen molar-refractivity contribution in [3.8, 4) is 27.9 Å². The summed E-state index contributed by atoms with van der Waals surface area (Å²) in [4.78, 5) is 0. The maximum absolute atomic E-state index is 2.55. The first-order valence-corrected chi connectivity index (χ1v) is 18.5. The molecule has 51 heavy (non-hydrogen) atoms. The minimum Gasteiger partial charge on any atom is -0.333 e. The van der Waals surface area contributed by atoms with Gasteiger partial charge in [-0.1, -0.05) is 140 Å². The van der Waals surface area contributed by atoms with Crippen LogP contribution in [0.4, 0.5) is 0 Å². The Morgan fingerprint density at radius 3 is 1.82 bits per heavy atom. The molecule has 3 aromatic heterocycles. The van der Waals surface area contributed by atoms with Crippen molar-refractivity contribution in [1.29, 1.82) is 0 Å². The molecule has 0 spiro atoms. The molecule has 3 heterocycles. The maximum Gasteiger partial charge on any atom is 0.0567 e. The predicted molar refractivity (Wildman–Crippen MR) is 218 cm³/mol. The molecule has 7 aromatic carbocycles. The molecular formula is C48H32N2S. The zero-order chi connectivity index (χ0) is 33.5. The lowest BCUT2D eigenvalue weighted by molar-refractivity contribution is 0.636. The Kier molecular flexibility index (Phi) is 6.28. The van der Waals surface area contributed by atoms with Crippen LogP contribution >= 0.6 is 11.3 Å². The molecule has 0 saturated carbocycles. The first kappa shape index (κ1) is 28.7. The SMILES string of the molecule is C1=CC(n2c3ccccc3c3ccccc32)Cc2c1n(-c1ccc(-c3ccc(-c4ccccc4)cc3)c3sc4ccccc4c13)c1ccccc21. The van der Waals surface area contributed by atoms with Crippen LogP contribution in [0.2, 0.25) is 0 Å². The molecule has 0 N–H and O–H groups in total. The third-order valence-electron chi connectivity index (χ3n) is 10.9. The lowest BCUT2D eigenvalue weighted by Gasteiger charge is -2.23. The highest BCUT2D eigenvalue weighted by Gasteiger charge is 2.27. The van der Waals surface area contributed by atoms with E-state index in [-0.39, 0.29) is 6.04 Å². The number of nitrogens with zero attached hydrogens (tertiary/aromatic N) is 2. The molecule has 1 atom stereocenters. The molecule has 0 amide bonds. The van der Waals surface area contributed by atoms with Crippen molar-refractivity contribution in [3.05, 3.63) is 181 Å². The van der Waals surface area contributed by atoms with Crippen LogP contribution in [0, 0.1) is 0 Å². The average molecular weight is 669 g/mol. The summed E-state index contributed by atoms with van der Waals surface area (Å²) >= 11 is 1.90. The van der Waals surface area contributed by atoms with Crippen molar-refractivity contribution >= 4 is 70.3 Å². The summed E-state index contributed by atoms with van der Waals surface area (Å²) < 4.78 is 7.73. The van der Waals surface area contributed by atoms with Gasteiger partial charge in [-0.3, -0.25) is 0 Å². The molecule has 240 valence electrons. The van der Waals surface area contributed by atoms with E-state index in [0.29, 0.717) is 0 Å². The van der Waals surface area contributed by atoms with Crippen molar-refractivity contribution in [3.63, 3.8) is 0 Å². The van der Waals surface area contributed by atoms with Crippen LogP contribution in [0.15, 0.2) is 170 Å². The monoisotopic (exact) mass is 668 g/mol. The normalized spacial score (nSPS) is 14.3. The van der Waals surface area contributed by atoms with Gasteiger partial charge in [-0.15, -0.1) is 11.3 Å². The highest BCUT2D eigenvalue weighted by Crippen LogP contribution is 2.46. The maximum atomic E-state index is 2.55. The fourth-order valence-corrected chi connectivity index (χ4v) is 9.90. The summed E-state index contributed by atoms with van der Waals surface area (Å²) in [6.07, 6.45) is 5.76. The van der Waals surface area contributed by atoms with Crippen molar-refractivity contribution in [2.75, 3.05) is 0 Å². The molecule has 10 aromatic rings. The van der Waals surface area contributed by atoms with Crippen LogP contribution in [-0.4, -0.2) is 9.13 Å². The van der Waals surface area contributed by atoms with E-state index in [4.69, 9.17) is 0 Å². The summed E-state index contributed by atoms with van der Waals surface area (Å²) in [5.74, 6) is 0. The Labute approximate surface area is 299 Å². The van der Waals surface area contributed by atoms with E-state index >= 15 is 0 Å². The van der Waals surface area contributed by atoms with Crippen LogP contribution in [0.3, 0.4) is 0 Å². The van der Waals surface area contributed by atoms with E-state index in [0.717, 1.165) is 6.42 Å². The van der Waals surface area contributed by atoms with Crippen LogP contribution in [0.1, 0.15) is 17.3 Å². The molecule has 1 aliphatic rings. The summed E-state index contributed by atoms with van der Waals surface area (Å²) in [6.45, 7) is 0. The summed E-state index contributed by atoms with van der Waals surface area (Å²) in [5, 5.41) is 6.59. The van der Waals surface area contributed by atoms with Crippen LogP contribution < -0.4 is 0 Å². The van der Waals surface area contributed by atoms with Gasteiger partial charge in [0.2, 0.25) is 0 Å². The van der Waals surface area contributed by atoms with Crippen LogP contribution in [0.25, 0.3) is 86.9 Å². The number of aromatic nitrogens is 2. The third-order valence-corrected chi connectivity index (χ3v) is 12.1. The highest BCUT2D eigenvalue weighted by atomic mass is 32.1. The average Bonchev–Trinajstić information content (AvgIpc) is 3.86. The van der Waals surface area contributed by atoms with Gasteiger partial charge in [0.25, 0.3) is 0 Å². The minimum atomic E-state index is 0.213. The molecule has 0 aliphatic heterocycles. The van der Waals surface area contributed by atoms with Gasteiger partial charge in [-0.25, -0.2) is 0 Å². The van der Waals surface area contributed by atoms with E-state index in [1.807, 2.05) is 11.3 Å². The van der Waals surface area contributed by atoms with Gasteiger partial charge in [0.15, 0.2) is 0 Å². The number of rotatable bonds is 4. The number of hydrogen-bond donors (Lipinski definition) is 0. The number of allylic oxidation sites excluding steroid dienone is 1. The molecule has 3 heteroatoms. The Morgan fingerprint density at radius 2 is 1.08 bits per heavy atom. The van der Waals surface area contributed by atoms with E-state index in [1.165, 1.54) is 92.1 Å². The number of benzene rings is 7. The van der Waals surface area contributed by atoms with Gasteiger partial charge in [0, 0.05) is 53.1 Å². The summed E-state index contributed by atoms with van der Waals surface area (Å²) in [7, 11) is 0. The zero-order valence-corrected chi connectivity index (χ0v) is 28.6. The van der Waals surface area contributed by atoms with E-state index < -0.39 is 0 Å². The molecule has 0 saturated heterocycles. The molecule has 0 bridgehead atoms. The second-order valence-electron chi connectivity index (χ2n) is 13.6. The lowest BCUT2D eigenvalue weighted by Crippen LogP contribution is -2.13. The second kappa shape index (κ2) is 11.2. The fourth-order valence-electron chi connectivity index (χ4n) is 8.64. The highest BCUT2D eigenvalue weighted by molar-refractivity contribution is 7.26. The van der Waals surface area contributed by atoms with Gasteiger partial charge in [0.05, 0.1) is 17.2 Å². The summed E-state index contributed by atoms with van der Waals surface area (Å²) in [5.41, 5.74) is 12.8. The van der Waals surface area contributed by atoms with Crippen molar-refractivity contribution in [2.45, 2.75) is 12.5 Å². The van der Waals surface area contributed by atoms with E-state index in [2.05, 4.69) is 185 Å². The third kappa shape index (κ3) is 4.28. The van der Waals surface area contributed by atoms with Crippen molar-refractivity contribution in [1.82, 2.24) is 9.13 Å². The van der Waals surface area contributed by atoms with E-state index in [9.17, 15) is 0 Å². The Bertz CT molecular complexity index is 2940. The molecule has 0 radical (unpaired) electrons. The number of thiophene rings is 1. The Morgan fingerprint density at radius 1 is 0.490 bits per heavy atom.